The summed E-state index contributed by atoms with van der Waals surface area (Å²) < 4.78 is 0.864. The van der Waals surface area contributed by atoms with Gasteiger partial charge in [-0.1, -0.05) is 42.8 Å². The summed E-state index contributed by atoms with van der Waals surface area (Å²) >= 11 is 5.06. The Balaban J connectivity index is 2.37. The fourth-order valence-electron chi connectivity index (χ4n) is 1.80. The summed E-state index contributed by atoms with van der Waals surface area (Å²) in [5, 5.41) is 0. The molecular weight excluding hydrogens is 320 g/mol. The molecule has 0 aliphatic carbocycles. The number of rotatable bonds is 2. The maximum Gasteiger partial charge on any atom is 0.204 e. The Morgan fingerprint density at radius 2 is 1.84 bits per heavy atom. The molecule has 0 N–H and O–H groups in total. The first kappa shape index (κ1) is 14.5. The molecule has 1 aromatic carbocycles. The lowest BCUT2D eigenvalue weighted by atomic mass is 9.95. The maximum absolute atomic E-state index is 12.5. The lowest BCUT2D eigenvalue weighted by Gasteiger charge is -2.15. The number of benzene rings is 1. The fourth-order valence-corrected chi connectivity index (χ4v) is 3.49. The fraction of sp³-hybridized carbons (Fsp3) is 0.312. The highest BCUT2D eigenvalue weighted by Crippen LogP contribution is 2.31. The first-order valence-corrected chi connectivity index (χ1v) is 7.81. The van der Waals surface area contributed by atoms with Crippen molar-refractivity contribution < 1.29 is 4.79 Å². The molecule has 19 heavy (non-hydrogen) atoms. The topological polar surface area (TPSA) is 17.1 Å². The number of ketones is 1. The summed E-state index contributed by atoms with van der Waals surface area (Å²) in [7, 11) is 0. The number of aryl methyl sites for hydroxylation is 1. The zero-order chi connectivity index (χ0) is 14.2. The monoisotopic (exact) mass is 336 g/mol. The molecule has 0 spiro atoms. The van der Waals surface area contributed by atoms with E-state index in [0.717, 1.165) is 20.5 Å². The van der Waals surface area contributed by atoms with Gasteiger partial charge >= 0.3 is 0 Å². The molecular formula is C16H17BrOS. The van der Waals surface area contributed by atoms with Crippen molar-refractivity contribution in [1.29, 1.82) is 0 Å². The van der Waals surface area contributed by atoms with Gasteiger partial charge in [0.1, 0.15) is 0 Å². The van der Waals surface area contributed by atoms with E-state index in [1.165, 1.54) is 4.88 Å². The third kappa shape index (κ3) is 3.15. The third-order valence-corrected chi connectivity index (χ3v) is 5.10. The smallest absolute Gasteiger partial charge is 0.204 e. The van der Waals surface area contributed by atoms with E-state index in [1.807, 2.05) is 31.2 Å². The molecule has 0 saturated carbocycles. The van der Waals surface area contributed by atoms with Gasteiger partial charge in [-0.3, -0.25) is 4.79 Å². The Morgan fingerprint density at radius 3 is 2.37 bits per heavy atom. The van der Waals surface area contributed by atoms with E-state index in [2.05, 4.69) is 42.8 Å². The number of carbonyl (C=O) groups excluding carboxylic acids is 1. The van der Waals surface area contributed by atoms with Crippen LogP contribution in [0.5, 0.6) is 0 Å². The van der Waals surface area contributed by atoms with Gasteiger partial charge < -0.3 is 0 Å². The van der Waals surface area contributed by atoms with E-state index in [4.69, 9.17) is 0 Å². The van der Waals surface area contributed by atoms with Crippen LogP contribution in [0.2, 0.25) is 0 Å². The van der Waals surface area contributed by atoms with Crippen LogP contribution in [0.1, 0.15) is 46.4 Å². The summed E-state index contributed by atoms with van der Waals surface area (Å²) in [6.45, 7) is 8.50. The largest absolute Gasteiger partial charge is 0.288 e. The summed E-state index contributed by atoms with van der Waals surface area (Å²) in [4.78, 5) is 14.5. The molecule has 0 amide bonds. The molecule has 3 heteroatoms. The van der Waals surface area contributed by atoms with Gasteiger partial charge in [0.15, 0.2) is 0 Å². The summed E-state index contributed by atoms with van der Waals surface area (Å²) in [6, 6.07) is 9.82. The molecule has 0 fully saturated rings. The van der Waals surface area contributed by atoms with Crippen LogP contribution >= 0.6 is 27.3 Å². The van der Waals surface area contributed by atoms with Gasteiger partial charge in [0, 0.05) is 14.9 Å². The van der Waals surface area contributed by atoms with Crippen molar-refractivity contribution in [2.75, 3.05) is 0 Å². The second kappa shape index (κ2) is 5.22. The lowest BCUT2D eigenvalue weighted by Crippen LogP contribution is -2.08. The first-order valence-electron chi connectivity index (χ1n) is 6.20. The van der Waals surface area contributed by atoms with Crippen LogP contribution in [-0.4, -0.2) is 5.78 Å². The van der Waals surface area contributed by atoms with Crippen molar-refractivity contribution in [2.24, 2.45) is 0 Å². The van der Waals surface area contributed by atoms with Gasteiger partial charge in [-0.25, -0.2) is 0 Å². The minimum atomic E-state index is 0.0902. The molecule has 2 aromatic rings. The van der Waals surface area contributed by atoms with E-state index in [1.54, 1.807) is 11.3 Å². The van der Waals surface area contributed by atoms with E-state index < -0.39 is 0 Å². The van der Waals surface area contributed by atoms with Gasteiger partial charge in [0.05, 0.1) is 4.88 Å². The molecule has 0 aliphatic rings. The second-order valence-corrected chi connectivity index (χ2v) is 7.66. The van der Waals surface area contributed by atoms with E-state index in [9.17, 15) is 4.79 Å². The van der Waals surface area contributed by atoms with Gasteiger partial charge in [0.2, 0.25) is 5.78 Å². The average molecular weight is 337 g/mol. The molecule has 1 heterocycles. The molecule has 0 aliphatic heterocycles. The molecule has 0 bridgehead atoms. The van der Waals surface area contributed by atoms with E-state index >= 15 is 0 Å². The molecule has 100 valence electrons. The summed E-state index contributed by atoms with van der Waals surface area (Å²) in [6.07, 6.45) is 0. The van der Waals surface area contributed by atoms with Crippen molar-refractivity contribution in [3.63, 3.8) is 0 Å². The minimum absolute atomic E-state index is 0.0902. The van der Waals surface area contributed by atoms with Crippen LogP contribution in [0.15, 0.2) is 34.8 Å². The Bertz CT molecular complexity index is 620. The van der Waals surface area contributed by atoms with Crippen LogP contribution in [-0.2, 0) is 5.41 Å². The molecule has 1 nitrogen and oxygen atoms in total. The minimum Gasteiger partial charge on any atom is -0.288 e. The van der Waals surface area contributed by atoms with Crippen molar-refractivity contribution in [3.8, 4) is 0 Å². The normalized spacial score (nSPS) is 11.6. The van der Waals surface area contributed by atoms with Crippen LogP contribution in [0.3, 0.4) is 0 Å². The standard InChI is InChI=1S/C16H17BrOS/c1-10-5-6-11(12(17)9-10)15(18)13-7-8-14(19-13)16(2,3)4/h5-9H,1-4H3. The summed E-state index contributed by atoms with van der Waals surface area (Å²) in [5.41, 5.74) is 1.96. The average Bonchev–Trinajstić information content (AvgIpc) is 2.76. The van der Waals surface area contributed by atoms with Crippen LogP contribution in [0.4, 0.5) is 0 Å². The zero-order valence-corrected chi connectivity index (χ0v) is 14.0. The SMILES string of the molecule is Cc1ccc(C(=O)c2ccc(C(C)(C)C)s2)c(Br)c1. The lowest BCUT2D eigenvalue weighted by molar-refractivity contribution is 0.104. The molecule has 0 radical (unpaired) electrons. The van der Waals surface area contributed by atoms with E-state index in [0.29, 0.717) is 0 Å². The van der Waals surface area contributed by atoms with Gasteiger partial charge in [0.25, 0.3) is 0 Å². The highest BCUT2D eigenvalue weighted by atomic mass is 79.9. The quantitative estimate of drug-likeness (QED) is 0.675. The number of thiophene rings is 1. The predicted octanol–water partition coefficient (Wildman–Crippen LogP) is 5.35. The van der Waals surface area contributed by atoms with Crippen molar-refractivity contribution in [3.05, 3.63) is 55.7 Å². The van der Waals surface area contributed by atoms with E-state index in [-0.39, 0.29) is 11.2 Å². The summed E-state index contributed by atoms with van der Waals surface area (Å²) in [5.74, 6) is 0.0902. The number of hydrogen-bond acceptors (Lipinski definition) is 2. The maximum atomic E-state index is 12.5. The van der Waals surface area contributed by atoms with Crippen LogP contribution < -0.4 is 0 Å². The Morgan fingerprint density at radius 1 is 1.16 bits per heavy atom. The molecule has 0 atom stereocenters. The van der Waals surface area contributed by atoms with Crippen molar-refractivity contribution >= 4 is 33.0 Å². The zero-order valence-electron chi connectivity index (χ0n) is 11.6. The van der Waals surface area contributed by atoms with Crippen LogP contribution in [0.25, 0.3) is 0 Å². The van der Waals surface area contributed by atoms with Crippen molar-refractivity contribution in [2.45, 2.75) is 33.1 Å². The third-order valence-electron chi connectivity index (χ3n) is 2.94. The van der Waals surface area contributed by atoms with Crippen molar-refractivity contribution in [1.82, 2.24) is 0 Å². The Hall–Kier alpha value is -0.930. The Labute approximate surface area is 126 Å². The number of halogens is 1. The first-order chi connectivity index (χ1) is 8.79. The number of carbonyl (C=O) groups is 1. The second-order valence-electron chi connectivity index (χ2n) is 5.73. The molecule has 1 aromatic heterocycles. The number of hydrogen-bond donors (Lipinski definition) is 0. The van der Waals surface area contributed by atoms with Crippen LogP contribution in [0, 0.1) is 6.92 Å². The molecule has 0 unspecified atom stereocenters. The Kier molecular flexibility index (Phi) is 3.98. The van der Waals surface area contributed by atoms with Gasteiger partial charge in [-0.05, 0) is 42.2 Å². The molecule has 0 saturated heterocycles. The molecule has 2 rings (SSSR count). The van der Waals surface area contributed by atoms with Gasteiger partial charge in [-0.2, -0.15) is 0 Å². The predicted molar refractivity (Wildman–Crippen MR) is 85.3 cm³/mol. The van der Waals surface area contributed by atoms with Gasteiger partial charge in [-0.15, -0.1) is 11.3 Å². The highest BCUT2D eigenvalue weighted by molar-refractivity contribution is 9.10. The highest BCUT2D eigenvalue weighted by Gasteiger charge is 2.20.